The van der Waals surface area contributed by atoms with Gasteiger partial charge < -0.3 is 10.5 Å². The number of aryl methyl sites for hydroxylation is 1. The van der Waals surface area contributed by atoms with Gasteiger partial charge in [-0.2, -0.15) is 0 Å². The van der Waals surface area contributed by atoms with Crippen LogP contribution in [0.5, 0.6) is 0 Å². The van der Waals surface area contributed by atoms with Crippen molar-refractivity contribution in [3.8, 4) is 0 Å². The molecule has 0 spiro atoms. The van der Waals surface area contributed by atoms with Crippen molar-refractivity contribution in [2.24, 2.45) is 11.7 Å². The molecule has 0 radical (unpaired) electrons. The third-order valence-electron chi connectivity index (χ3n) is 3.77. The smallest absolute Gasteiger partial charge is 0.0489 e. The van der Waals surface area contributed by atoms with E-state index in [0.29, 0.717) is 5.92 Å². The first-order chi connectivity index (χ1) is 8.62. The summed E-state index contributed by atoms with van der Waals surface area (Å²) in [6.45, 7) is 5.95. The minimum absolute atomic E-state index is 0.175. The summed E-state index contributed by atoms with van der Waals surface area (Å²) >= 11 is 0. The SMILES string of the molecule is CC(C)COCCC1(N)CCCc2ccccc21. The van der Waals surface area contributed by atoms with Crippen LogP contribution in [-0.2, 0) is 16.7 Å². The lowest BCUT2D eigenvalue weighted by Crippen LogP contribution is -2.41. The van der Waals surface area contributed by atoms with Gasteiger partial charge >= 0.3 is 0 Å². The van der Waals surface area contributed by atoms with Gasteiger partial charge in [-0.3, -0.25) is 0 Å². The van der Waals surface area contributed by atoms with Crippen LogP contribution in [-0.4, -0.2) is 13.2 Å². The summed E-state index contributed by atoms with van der Waals surface area (Å²) in [5.74, 6) is 0.595. The first kappa shape index (κ1) is 13.6. The van der Waals surface area contributed by atoms with E-state index in [1.807, 2.05) is 0 Å². The lowest BCUT2D eigenvalue weighted by Gasteiger charge is -2.36. The van der Waals surface area contributed by atoms with Crippen molar-refractivity contribution in [2.75, 3.05) is 13.2 Å². The van der Waals surface area contributed by atoms with Crippen molar-refractivity contribution in [2.45, 2.75) is 45.1 Å². The molecule has 1 unspecified atom stereocenters. The number of hydrogen-bond acceptors (Lipinski definition) is 2. The molecule has 1 aliphatic carbocycles. The number of fused-ring (bicyclic) bond motifs is 1. The molecule has 1 atom stereocenters. The van der Waals surface area contributed by atoms with Crippen LogP contribution in [0, 0.1) is 5.92 Å². The highest BCUT2D eigenvalue weighted by Gasteiger charge is 2.31. The van der Waals surface area contributed by atoms with Crippen LogP contribution in [0.1, 0.15) is 44.2 Å². The van der Waals surface area contributed by atoms with Gasteiger partial charge in [0.1, 0.15) is 0 Å². The standard InChI is InChI=1S/C16H25NO/c1-13(2)12-18-11-10-16(17)9-5-7-14-6-3-4-8-15(14)16/h3-4,6,8,13H,5,7,9-12,17H2,1-2H3. The Bertz CT molecular complexity index is 388. The van der Waals surface area contributed by atoms with E-state index >= 15 is 0 Å². The van der Waals surface area contributed by atoms with Crippen LogP contribution < -0.4 is 5.73 Å². The maximum Gasteiger partial charge on any atom is 0.0489 e. The van der Waals surface area contributed by atoms with Gasteiger partial charge in [0.05, 0.1) is 0 Å². The van der Waals surface area contributed by atoms with Crippen molar-refractivity contribution >= 4 is 0 Å². The Hall–Kier alpha value is -0.860. The normalized spacial score (nSPS) is 23.1. The molecule has 1 aromatic carbocycles. The molecule has 100 valence electrons. The van der Waals surface area contributed by atoms with E-state index in [0.717, 1.165) is 26.1 Å². The van der Waals surface area contributed by atoms with Gasteiger partial charge in [0.15, 0.2) is 0 Å². The Labute approximate surface area is 111 Å². The van der Waals surface area contributed by atoms with E-state index in [2.05, 4.69) is 38.1 Å². The molecule has 0 saturated heterocycles. The Balaban J connectivity index is 1.99. The van der Waals surface area contributed by atoms with Crippen LogP contribution in [0.2, 0.25) is 0 Å². The van der Waals surface area contributed by atoms with E-state index in [9.17, 15) is 0 Å². The fraction of sp³-hybridized carbons (Fsp3) is 0.625. The molecule has 0 heterocycles. The maximum absolute atomic E-state index is 6.61. The van der Waals surface area contributed by atoms with E-state index in [1.165, 1.54) is 24.0 Å². The zero-order chi connectivity index (χ0) is 13.0. The molecule has 0 saturated carbocycles. The van der Waals surface area contributed by atoms with Crippen LogP contribution in [0.3, 0.4) is 0 Å². The van der Waals surface area contributed by atoms with Crippen molar-refractivity contribution in [3.05, 3.63) is 35.4 Å². The number of rotatable bonds is 5. The molecule has 0 fully saturated rings. The van der Waals surface area contributed by atoms with Crippen LogP contribution in [0.4, 0.5) is 0 Å². The average Bonchev–Trinajstić information content (AvgIpc) is 2.35. The minimum atomic E-state index is -0.175. The molecular weight excluding hydrogens is 222 g/mol. The zero-order valence-electron chi connectivity index (χ0n) is 11.6. The third-order valence-corrected chi connectivity index (χ3v) is 3.77. The van der Waals surface area contributed by atoms with Gasteiger partial charge in [0.2, 0.25) is 0 Å². The molecular formula is C16H25NO. The molecule has 2 rings (SSSR count). The predicted octanol–water partition coefficient (Wildman–Crippen LogP) is 3.24. The molecule has 1 aromatic rings. The summed E-state index contributed by atoms with van der Waals surface area (Å²) in [6, 6.07) is 8.61. The summed E-state index contributed by atoms with van der Waals surface area (Å²) in [7, 11) is 0. The largest absolute Gasteiger partial charge is 0.381 e. The second-order valence-corrected chi connectivity index (χ2v) is 5.89. The van der Waals surface area contributed by atoms with E-state index < -0.39 is 0 Å². The Morgan fingerprint density at radius 3 is 2.89 bits per heavy atom. The first-order valence-electron chi connectivity index (χ1n) is 7.07. The quantitative estimate of drug-likeness (QED) is 0.811. The maximum atomic E-state index is 6.61. The molecule has 2 N–H and O–H groups in total. The van der Waals surface area contributed by atoms with Gasteiger partial charge in [0.25, 0.3) is 0 Å². The molecule has 18 heavy (non-hydrogen) atoms. The van der Waals surface area contributed by atoms with E-state index in [-0.39, 0.29) is 5.54 Å². The second-order valence-electron chi connectivity index (χ2n) is 5.89. The summed E-state index contributed by atoms with van der Waals surface area (Å²) in [5, 5.41) is 0. The van der Waals surface area contributed by atoms with Crippen molar-refractivity contribution in [1.82, 2.24) is 0 Å². The molecule has 1 aliphatic rings. The third kappa shape index (κ3) is 3.12. The highest BCUT2D eigenvalue weighted by molar-refractivity contribution is 5.35. The fourth-order valence-corrected chi connectivity index (χ4v) is 2.79. The second kappa shape index (κ2) is 5.85. The summed E-state index contributed by atoms with van der Waals surface area (Å²) in [6.07, 6.45) is 4.37. The molecule has 0 bridgehead atoms. The summed E-state index contributed by atoms with van der Waals surface area (Å²) in [4.78, 5) is 0. The van der Waals surface area contributed by atoms with Gasteiger partial charge in [-0.15, -0.1) is 0 Å². The van der Waals surface area contributed by atoms with Crippen LogP contribution in [0.15, 0.2) is 24.3 Å². The number of hydrogen-bond donors (Lipinski definition) is 1. The zero-order valence-corrected chi connectivity index (χ0v) is 11.6. The topological polar surface area (TPSA) is 35.2 Å². The van der Waals surface area contributed by atoms with E-state index in [1.54, 1.807) is 0 Å². The molecule has 0 aromatic heterocycles. The van der Waals surface area contributed by atoms with E-state index in [4.69, 9.17) is 10.5 Å². The summed E-state index contributed by atoms with van der Waals surface area (Å²) in [5.41, 5.74) is 9.20. The van der Waals surface area contributed by atoms with Crippen molar-refractivity contribution < 1.29 is 4.74 Å². The highest BCUT2D eigenvalue weighted by Crippen LogP contribution is 2.35. The van der Waals surface area contributed by atoms with Gasteiger partial charge in [0, 0.05) is 18.8 Å². The van der Waals surface area contributed by atoms with Gasteiger partial charge in [-0.05, 0) is 42.7 Å². The Kier molecular flexibility index (Phi) is 4.41. The van der Waals surface area contributed by atoms with Crippen molar-refractivity contribution in [3.63, 3.8) is 0 Å². The Morgan fingerprint density at radius 2 is 2.11 bits per heavy atom. The minimum Gasteiger partial charge on any atom is -0.381 e. The molecule has 2 nitrogen and oxygen atoms in total. The highest BCUT2D eigenvalue weighted by atomic mass is 16.5. The monoisotopic (exact) mass is 247 g/mol. The lowest BCUT2D eigenvalue weighted by molar-refractivity contribution is 0.0899. The average molecular weight is 247 g/mol. The molecule has 0 amide bonds. The molecule has 2 heteroatoms. The van der Waals surface area contributed by atoms with Gasteiger partial charge in [-0.25, -0.2) is 0 Å². The lowest BCUT2D eigenvalue weighted by atomic mass is 9.75. The Morgan fingerprint density at radius 1 is 1.33 bits per heavy atom. The van der Waals surface area contributed by atoms with Crippen LogP contribution in [0.25, 0.3) is 0 Å². The number of ether oxygens (including phenoxy) is 1. The van der Waals surface area contributed by atoms with Crippen molar-refractivity contribution in [1.29, 1.82) is 0 Å². The summed E-state index contributed by atoms with van der Waals surface area (Å²) < 4.78 is 5.70. The molecule has 0 aliphatic heterocycles. The predicted molar refractivity (Wildman–Crippen MR) is 75.5 cm³/mol. The first-order valence-corrected chi connectivity index (χ1v) is 7.07. The number of nitrogens with two attached hydrogens (primary N) is 1. The fourth-order valence-electron chi connectivity index (χ4n) is 2.79. The number of benzene rings is 1. The van der Waals surface area contributed by atoms with Gasteiger partial charge in [-0.1, -0.05) is 38.1 Å². The van der Waals surface area contributed by atoms with Crippen LogP contribution >= 0.6 is 0 Å².